The summed E-state index contributed by atoms with van der Waals surface area (Å²) in [5.74, 6) is -1.31. The maximum Gasteiger partial charge on any atom is 0.311 e. The standard InChI is InChI=1S/C14H18FNO3S/c1-3-14(2,13(18)19)9-16-12(17)8-20-11-6-4-10(15)5-7-11/h4-7H,3,8-9H2,1-2H3,(H,16,17)(H,18,19). The van der Waals surface area contributed by atoms with E-state index >= 15 is 0 Å². The molecule has 1 aromatic rings. The number of hydrogen-bond donors (Lipinski definition) is 2. The molecule has 0 aromatic heterocycles. The van der Waals surface area contributed by atoms with Crippen molar-refractivity contribution in [3.63, 3.8) is 0 Å². The van der Waals surface area contributed by atoms with E-state index < -0.39 is 11.4 Å². The van der Waals surface area contributed by atoms with Crippen LogP contribution in [0.5, 0.6) is 0 Å². The van der Waals surface area contributed by atoms with E-state index in [2.05, 4.69) is 5.32 Å². The van der Waals surface area contributed by atoms with Gasteiger partial charge in [0.25, 0.3) is 0 Å². The maximum absolute atomic E-state index is 12.7. The number of thioether (sulfide) groups is 1. The third-order valence-corrected chi connectivity index (χ3v) is 4.17. The summed E-state index contributed by atoms with van der Waals surface area (Å²) in [5.41, 5.74) is -0.948. The molecule has 1 aromatic carbocycles. The van der Waals surface area contributed by atoms with Crippen LogP contribution in [0.1, 0.15) is 20.3 Å². The first kappa shape index (κ1) is 16.5. The van der Waals surface area contributed by atoms with Gasteiger partial charge >= 0.3 is 5.97 Å². The van der Waals surface area contributed by atoms with Gasteiger partial charge in [-0.3, -0.25) is 9.59 Å². The Morgan fingerprint density at radius 1 is 1.35 bits per heavy atom. The highest BCUT2D eigenvalue weighted by molar-refractivity contribution is 8.00. The molecule has 0 bridgehead atoms. The normalized spacial score (nSPS) is 13.6. The number of carboxylic acids is 1. The Morgan fingerprint density at radius 3 is 2.45 bits per heavy atom. The summed E-state index contributed by atoms with van der Waals surface area (Å²) >= 11 is 1.28. The topological polar surface area (TPSA) is 66.4 Å². The number of rotatable bonds is 7. The Kier molecular flexibility index (Phi) is 6.01. The van der Waals surface area contributed by atoms with Crippen LogP contribution in [0, 0.1) is 11.2 Å². The van der Waals surface area contributed by atoms with Crippen LogP contribution in [-0.2, 0) is 9.59 Å². The van der Waals surface area contributed by atoms with Crippen molar-refractivity contribution >= 4 is 23.6 Å². The van der Waals surface area contributed by atoms with E-state index in [4.69, 9.17) is 5.11 Å². The smallest absolute Gasteiger partial charge is 0.311 e. The third kappa shape index (κ3) is 4.85. The molecule has 0 heterocycles. The Balaban J connectivity index is 2.41. The molecule has 6 heteroatoms. The summed E-state index contributed by atoms with van der Waals surface area (Å²) < 4.78 is 12.7. The van der Waals surface area contributed by atoms with Crippen LogP contribution < -0.4 is 5.32 Å². The van der Waals surface area contributed by atoms with Crippen LogP contribution in [0.3, 0.4) is 0 Å². The van der Waals surface area contributed by atoms with Crippen LogP contribution in [0.2, 0.25) is 0 Å². The number of hydrogen-bond acceptors (Lipinski definition) is 3. The lowest BCUT2D eigenvalue weighted by atomic mass is 9.88. The fraction of sp³-hybridized carbons (Fsp3) is 0.429. The van der Waals surface area contributed by atoms with Crippen molar-refractivity contribution < 1.29 is 19.1 Å². The van der Waals surface area contributed by atoms with Crippen LogP contribution in [0.25, 0.3) is 0 Å². The second-order valence-electron chi connectivity index (χ2n) is 4.74. The summed E-state index contributed by atoms with van der Waals surface area (Å²) in [4.78, 5) is 23.5. The van der Waals surface area contributed by atoms with E-state index in [-0.39, 0.29) is 24.0 Å². The van der Waals surface area contributed by atoms with Crippen molar-refractivity contribution in [3.8, 4) is 0 Å². The van der Waals surface area contributed by atoms with Crippen LogP contribution in [0.15, 0.2) is 29.2 Å². The Hall–Kier alpha value is -1.56. The molecular weight excluding hydrogens is 281 g/mol. The van der Waals surface area contributed by atoms with Gasteiger partial charge in [-0.2, -0.15) is 0 Å². The number of aliphatic carboxylic acids is 1. The van der Waals surface area contributed by atoms with Gasteiger partial charge in [0.2, 0.25) is 5.91 Å². The van der Waals surface area contributed by atoms with Gasteiger partial charge in [-0.15, -0.1) is 11.8 Å². The largest absolute Gasteiger partial charge is 0.481 e. The van der Waals surface area contributed by atoms with Crippen molar-refractivity contribution in [2.24, 2.45) is 5.41 Å². The van der Waals surface area contributed by atoms with Gasteiger partial charge in [-0.25, -0.2) is 4.39 Å². The summed E-state index contributed by atoms with van der Waals surface area (Å²) in [5, 5.41) is 11.7. The Labute approximate surface area is 121 Å². The molecule has 0 spiro atoms. The first-order valence-corrected chi connectivity index (χ1v) is 7.24. The van der Waals surface area contributed by atoms with Gasteiger partial charge in [-0.1, -0.05) is 6.92 Å². The second kappa shape index (κ2) is 7.28. The molecular formula is C14H18FNO3S. The zero-order valence-electron chi connectivity index (χ0n) is 11.5. The molecule has 0 aliphatic rings. The van der Waals surface area contributed by atoms with Gasteiger partial charge in [0.1, 0.15) is 5.82 Å². The second-order valence-corrected chi connectivity index (χ2v) is 5.79. The summed E-state index contributed by atoms with van der Waals surface area (Å²) in [6.07, 6.45) is 0.438. The summed E-state index contributed by atoms with van der Waals surface area (Å²) in [6, 6.07) is 5.86. The number of carboxylic acid groups (broad SMARTS) is 1. The third-order valence-electron chi connectivity index (χ3n) is 3.16. The van der Waals surface area contributed by atoms with Crippen molar-refractivity contribution in [1.82, 2.24) is 5.32 Å². The molecule has 0 aliphatic heterocycles. The van der Waals surface area contributed by atoms with Gasteiger partial charge in [-0.05, 0) is 37.6 Å². The number of halogens is 1. The van der Waals surface area contributed by atoms with Crippen LogP contribution >= 0.6 is 11.8 Å². The molecule has 110 valence electrons. The number of carbonyl (C=O) groups is 2. The fourth-order valence-corrected chi connectivity index (χ4v) is 2.10. The molecule has 0 fully saturated rings. The molecule has 1 atom stereocenters. The minimum absolute atomic E-state index is 0.0989. The number of amides is 1. The molecule has 4 nitrogen and oxygen atoms in total. The lowest BCUT2D eigenvalue weighted by Crippen LogP contribution is -2.41. The highest BCUT2D eigenvalue weighted by Gasteiger charge is 2.31. The molecule has 2 N–H and O–H groups in total. The van der Waals surface area contributed by atoms with E-state index in [1.165, 1.54) is 23.9 Å². The van der Waals surface area contributed by atoms with Gasteiger partial charge < -0.3 is 10.4 Å². The predicted molar refractivity (Wildman–Crippen MR) is 76.2 cm³/mol. The van der Waals surface area contributed by atoms with E-state index in [0.29, 0.717) is 6.42 Å². The van der Waals surface area contributed by atoms with E-state index in [0.717, 1.165) is 4.90 Å². The Bertz CT molecular complexity index is 478. The molecule has 0 aliphatic carbocycles. The molecule has 1 rings (SSSR count). The average molecular weight is 299 g/mol. The lowest BCUT2D eigenvalue weighted by molar-refractivity contribution is -0.148. The van der Waals surface area contributed by atoms with E-state index in [1.807, 2.05) is 0 Å². The van der Waals surface area contributed by atoms with E-state index in [1.54, 1.807) is 26.0 Å². The molecule has 0 radical (unpaired) electrons. The van der Waals surface area contributed by atoms with Crippen molar-refractivity contribution in [3.05, 3.63) is 30.1 Å². The van der Waals surface area contributed by atoms with Crippen molar-refractivity contribution in [1.29, 1.82) is 0 Å². The highest BCUT2D eigenvalue weighted by atomic mass is 32.2. The molecule has 1 amide bonds. The molecule has 1 unspecified atom stereocenters. The summed E-state index contributed by atoms with van der Waals surface area (Å²) in [7, 11) is 0. The quantitative estimate of drug-likeness (QED) is 0.759. The van der Waals surface area contributed by atoms with Crippen molar-refractivity contribution in [2.75, 3.05) is 12.3 Å². The minimum atomic E-state index is -0.948. The Morgan fingerprint density at radius 2 is 1.95 bits per heavy atom. The van der Waals surface area contributed by atoms with Crippen LogP contribution in [0.4, 0.5) is 4.39 Å². The maximum atomic E-state index is 12.7. The average Bonchev–Trinajstić information content (AvgIpc) is 2.43. The molecule has 20 heavy (non-hydrogen) atoms. The van der Waals surface area contributed by atoms with Crippen molar-refractivity contribution in [2.45, 2.75) is 25.2 Å². The molecule has 0 saturated heterocycles. The number of benzene rings is 1. The van der Waals surface area contributed by atoms with Gasteiger partial charge in [0.05, 0.1) is 11.2 Å². The zero-order chi connectivity index (χ0) is 15.2. The van der Waals surface area contributed by atoms with E-state index in [9.17, 15) is 14.0 Å². The number of carbonyl (C=O) groups excluding carboxylic acids is 1. The van der Waals surface area contributed by atoms with Crippen LogP contribution in [-0.4, -0.2) is 29.3 Å². The van der Waals surface area contributed by atoms with Gasteiger partial charge in [0, 0.05) is 11.4 Å². The monoisotopic (exact) mass is 299 g/mol. The zero-order valence-corrected chi connectivity index (χ0v) is 12.3. The minimum Gasteiger partial charge on any atom is -0.481 e. The van der Waals surface area contributed by atoms with Gasteiger partial charge in [0.15, 0.2) is 0 Å². The lowest BCUT2D eigenvalue weighted by Gasteiger charge is -2.23. The first-order chi connectivity index (χ1) is 9.37. The fourth-order valence-electron chi connectivity index (χ4n) is 1.38. The number of nitrogens with one attached hydrogen (secondary N) is 1. The highest BCUT2D eigenvalue weighted by Crippen LogP contribution is 2.21. The molecule has 0 saturated carbocycles. The SMILES string of the molecule is CCC(C)(CNC(=O)CSc1ccc(F)cc1)C(=O)O. The predicted octanol–water partition coefficient (Wildman–Crippen LogP) is 2.53. The first-order valence-electron chi connectivity index (χ1n) is 6.26. The summed E-state index contributed by atoms with van der Waals surface area (Å²) in [6.45, 7) is 3.47.